The third kappa shape index (κ3) is 3.66. The average molecular weight is 231 g/mol. The Hall–Kier alpha value is -0.260. The Labute approximate surface area is 96.2 Å². The number of hydrogen-bond acceptors (Lipinski definition) is 4. The molecule has 1 fully saturated rings. The van der Waals surface area contributed by atoms with Crippen LogP contribution in [0.5, 0.6) is 0 Å². The van der Waals surface area contributed by atoms with Crippen molar-refractivity contribution in [2.24, 2.45) is 0 Å². The second-order valence-electron chi connectivity index (χ2n) is 4.70. The fraction of sp³-hybridized carbons (Fsp3) is 0.900. The normalized spacial score (nSPS) is 22.1. The van der Waals surface area contributed by atoms with E-state index >= 15 is 0 Å². The minimum Gasteiger partial charge on any atom is -0.353 e. The Balaban J connectivity index is 2.33. The van der Waals surface area contributed by atoms with Crippen LogP contribution in [0.3, 0.4) is 0 Å². The zero-order valence-corrected chi connectivity index (χ0v) is 10.8. The smallest absolute Gasteiger partial charge is 0.238 e. The van der Waals surface area contributed by atoms with Gasteiger partial charge in [0, 0.05) is 23.7 Å². The SMILES string of the molecule is CN(C)C(C)(C)CNC(=O)C1CSCN1. The minimum atomic E-state index is -0.00652. The number of hydrogen-bond donors (Lipinski definition) is 2. The van der Waals surface area contributed by atoms with Crippen molar-refractivity contribution in [2.75, 3.05) is 32.3 Å². The topological polar surface area (TPSA) is 44.4 Å². The molecule has 0 aromatic carbocycles. The lowest BCUT2D eigenvalue weighted by molar-refractivity contribution is -0.122. The summed E-state index contributed by atoms with van der Waals surface area (Å²) >= 11 is 1.77. The van der Waals surface area contributed by atoms with Crippen LogP contribution in [0.25, 0.3) is 0 Å². The third-order valence-corrected chi connectivity index (χ3v) is 3.88. The number of amides is 1. The zero-order valence-electron chi connectivity index (χ0n) is 9.96. The second kappa shape index (κ2) is 5.18. The maximum absolute atomic E-state index is 11.7. The van der Waals surface area contributed by atoms with Crippen LogP contribution in [-0.2, 0) is 4.79 Å². The van der Waals surface area contributed by atoms with Gasteiger partial charge in [0.1, 0.15) is 0 Å². The van der Waals surface area contributed by atoms with E-state index in [0.29, 0.717) is 6.54 Å². The number of carbonyl (C=O) groups is 1. The summed E-state index contributed by atoms with van der Waals surface area (Å²) < 4.78 is 0. The molecule has 1 rings (SSSR count). The van der Waals surface area contributed by atoms with Crippen LogP contribution in [-0.4, -0.2) is 54.7 Å². The first-order valence-electron chi connectivity index (χ1n) is 5.20. The van der Waals surface area contributed by atoms with Gasteiger partial charge in [-0.15, -0.1) is 11.8 Å². The third-order valence-electron chi connectivity index (χ3n) is 2.94. The van der Waals surface area contributed by atoms with Crippen molar-refractivity contribution in [1.29, 1.82) is 0 Å². The average Bonchev–Trinajstić information content (AvgIpc) is 2.66. The molecule has 2 N–H and O–H groups in total. The van der Waals surface area contributed by atoms with Crippen molar-refractivity contribution >= 4 is 17.7 Å². The van der Waals surface area contributed by atoms with Gasteiger partial charge < -0.3 is 10.2 Å². The molecule has 88 valence electrons. The molecule has 1 unspecified atom stereocenters. The van der Waals surface area contributed by atoms with Crippen molar-refractivity contribution in [3.8, 4) is 0 Å². The maximum Gasteiger partial charge on any atom is 0.238 e. The summed E-state index contributed by atoms with van der Waals surface area (Å²) in [5.41, 5.74) is 0.00140. The number of nitrogens with zero attached hydrogens (tertiary/aromatic N) is 1. The summed E-state index contributed by atoms with van der Waals surface area (Å²) in [4.78, 5) is 13.8. The Bertz CT molecular complexity index is 225. The highest BCUT2D eigenvalue weighted by atomic mass is 32.2. The van der Waals surface area contributed by atoms with Crippen molar-refractivity contribution < 1.29 is 4.79 Å². The Morgan fingerprint density at radius 1 is 1.60 bits per heavy atom. The van der Waals surface area contributed by atoms with Gasteiger partial charge in [0.2, 0.25) is 5.91 Å². The van der Waals surface area contributed by atoms with E-state index in [9.17, 15) is 4.79 Å². The summed E-state index contributed by atoms with van der Waals surface area (Å²) in [6.45, 7) is 4.91. The molecule has 4 nitrogen and oxygen atoms in total. The van der Waals surface area contributed by atoms with Crippen LogP contribution in [0, 0.1) is 0 Å². The first-order chi connectivity index (χ1) is 6.93. The predicted molar refractivity (Wildman–Crippen MR) is 65.0 cm³/mol. The largest absolute Gasteiger partial charge is 0.353 e. The summed E-state index contributed by atoms with van der Waals surface area (Å²) in [6, 6.07) is -0.00652. The van der Waals surface area contributed by atoms with Crippen LogP contribution < -0.4 is 10.6 Å². The van der Waals surface area contributed by atoms with Crippen molar-refractivity contribution in [3.63, 3.8) is 0 Å². The molecule has 0 spiro atoms. The van der Waals surface area contributed by atoms with Gasteiger partial charge in [0.25, 0.3) is 0 Å². The molecule has 1 aliphatic heterocycles. The van der Waals surface area contributed by atoms with E-state index in [0.717, 1.165) is 11.6 Å². The Morgan fingerprint density at radius 2 is 2.27 bits per heavy atom. The first kappa shape index (κ1) is 12.8. The number of likely N-dealkylation sites (N-methyl/N-ethyl adjacent to an activating group) is 1. The number of nitrogens with one attached hydrogen (secondary N) is 2. The van der Waals surface area contributed by atoms with Gasteiger partial charge in [-0.2, -0.15) is 0 Å². The lowest BCUT2D eigenvalue weighted by atomic mass is 10.0. The Morgan fingerprint density at radius 3 is 2.73 bits per heavy atom. The van der Waals surface area contributed by atoms with E-state index in [-0.39, 0.29) is 17.5 Å². The molecular weight excluding hydrogens is 210 g/mol. The molecule has 1 saturated heterocycles. The van der Waals surface area contributed by atoms with Gasteiger partial charge in [0.15, 0.2) is 0 Å². The predicted octanol–water partition coefficient (Wildman–Crippen LogP) is 0.105. The zero-order chi connectivity index (χ0) is 11.5. The quantitative estimate of drug-likeness (QED) is 0.720. The van der Waals surface area contributed by atoms with E-state index in [1.54, 1.807) is 11.8 Å². The van der Waals surface area contributed by atoms with Crippen LogP contribution in [0.15, 0.2) is 0 Å². The highest BCUT2D eigenvalue weighted by molar-refractivity contribution is 7.99. The highest BCUT2D eigenvalue weighted by Gasteiger charge is 2.25. The minimum absolute atomic E-state index is 0.00140. The lowest BCUT2D eigenvalue weighted by Crippen LogP contribution is -2.51. The highest BCUT2D eigenvalue weighted by Crippen LogP contribution is 2.11. The molecule has 5 heteroatoms. The van der Waals surface area contributed by atoms with Gasteiger partial charge in [-0.25, -0.2) is 0 Å². The van der Waals surface area contributed by atoms with Gasteiger partial charge in [-0.05, 0) is 27.9 Å². The lowest BCUT2D eigenvalue weighted by Gasteiger charge is -2.33. The molecular formula is C10H21N3OS. The monoisotopic (exact) mass is 231 g/mol. The van der Waals surface area contributed by atoms with Crippen LogP contribution >= 0.6 is 11.8 Å². The second-order valence-corrected chi connectivity index (χ2v) is 5.73. The van der Waals surface area contributed by atoms with Crippen molar-refractivity contribution in [2.45, 2.75) is 25.4 Å². The maximum atomic E-state index is 11.7. The summed E-state index contributed by atoms with van der Waals surface area (Å²) in [7, 11) is 4.05. The van der Waals surface area contributed by atoms with E-state index in [1.165, 1.54) is 0 Å². The van der Waals surface area contributed by atoms with Gasteiger partial charge in [0.05, 0.1) is 6.04 Å². The van der Waals surface area contributed by atoms with Gasteiger partial charge in [-0.3, -0.25) is 10.1 Å². The molecule has 1 heterocycles. The molecule has 0 aromatic rings. The van der Waals surface area contributed by atoms with Crippen molar-refractivity contribution in [1.82, 2.24) is 15.5 Å². The number of rotatable bonds is 4. The standard InChI is InChI=1S/C10H21N3OS/c1-10(2,13(3)4)6-11-9(14)8-5-15-7-12-8/h8,12H,5-7H2,1-4H3,(H,11,14). The molecule has 1 amide bonds. The Kier molecular flexibility index (Phi) is 4.43. The summed E-state index contributed by atoms with van der Waals surface area (Å²) in [6.07, 6.45) is 0. The van der Waals surface area contributed by atoms with E-state index in [2.05, 4.69) is 29.4 Å². The molecule has 0 aromatic heterocycles. The van der Waals surface area contributed by atoms with Crippen LogP contribution in [0.4, 0.5) is 0 Å². The summed E-state index contributed by atoms with van der Waals surface area (Å²) in [5, 5.41) is 6.15. The number of carbonyl (C=O) groups excluding carboxylic acids is 1. The molecule has 0 saturated carbocycles. The van der Waals surface area contributed by atoms with E-state index in [4.69, 9.17) is 0 Å². The van der Waals surface area contributed by atoms with Gasteiger partial charge in [-0.1, -0.05) is 0 Å². The van der Waals surface area contributed by atoms with Gasteiger partial charge >= 0.3 is 0 Å². The molecule has 1 aliphatic rings. The molecule has 15 heavy (non-hydrogen) atoms. The van der Waals surface area contributed by atoms with Crippen LogP contribution in [0.1, 0.15) is 13.8 Å². The van der Waals surface area contributed by atoms with Crippen LogP contribution in [0.2, 0.25) is 0 Å². The molecule has 0 aliphatic carbocycles. The van der Waals surface area contributed by atoms with Crippen molar-refractivity contribution in [3.05, 3.63) is 0 Å². The molecule has 0 radical (unpaired) electrons. The summed E-state index contributed by atoms with van der Waals surface area (Å²) in [5.74, 6) is 1.89. The fourth-order valence-electron chi connectivity index (χ4n) is 1.15. The molecule has 1 atom stereocenters. The number of thioether (sulfide) groups is 1. The fourth-order valence-corrected chi connectivity index (χ4v) is 2.09. The van der Waals surface area contributed by atoms with E-state index < -0.39 is 0 Å². The first-order valence-corrected chi connectivity index (χ1v) is 6.35. The van der Waals surface area contributed by atoms with E-state index in [1.807, 2.05) is 14.1 Å². The molecule has 0 bridgehead atoms.